The standard InChI is InChI=1S/C14H12N2O3S/c1-18-8-3-4-9-10(5-8)15-11(6-13(9)17)12-7-20-14(16-12)19-2/h3-7H,1-2H3,(H,15,17). The Morgan fingerprint density at radius 3 is 2.60 bits per heavy atom. The lowest BCUT2D eigenvalue weighted by Crippen LogP contribution is -1.89. The first-order valence-corrected chi connectivity index (χ1v) is 6.77. The first-order chi connectivity index (χ1) is 9.71. The highest BCUT2D eigenvalue weighted by Gasteiger charge is 2.11. The van der Waals surface area contributed by atoms with Crippen LogP contribution in [0.1, 0.15) is 0 Å². The molecule has 0 radical (unpaired) electrons. The molecule has 0 bridgehead atoms. The summed E-state index contributed by atoms with van der Waals surface area (Å²) in [5.74, 6) is 0.858. The minimum Gasteiger partial charge on any atom is -0.507 e. The zero-order valence-electron chi connectivity index (χ0n) is 11.0. The Bertz CT molecular complexity index is 770. The summed E-state index contributed by atoms with van der Waals surface area (Å²) in [7, 11) is 3.16. The van der Waals surface area contributed by atoms with Gasteiger partial charge < -0.3 is 14.6 Å². The molecule has 1 aromatic carbocycles. The van der Waals surface area contributed by atoms with Crippen LogP contribution in [0.15, 0.2) is 29.6 Å². The van der Waals surface area contributed by atoms with Gasteiger partial charge in [-0.15, -0.1) is 0 Å². The molecule has 0 unspecified atom stereocenters. The van der Waals surface area contributed by atoms with E-state index in [2.05, 4.69) is 9.97 Å². The molecule has 2 aromatic heterocycles. The first kappa shape index (κ1) is 12.7. The molecular formula is C14H12N2O3S. The number of thiazole rings is 1. The molecule has 3 aromatic rings. The van der Waals surface area contributed by atoms with Crippen molar-refractivity contribution in [3.05, 3.63) is 29.6 Å². The van der Waals surface area contributed by atoms with Gasteiger partial charge in [0.1, 0.15) is 17.2 Å². The molecule has 0 aliphatic rings. The normalized spacial score (nSPS) is 10.7. The van der Waals surface area contributed by atoms with E-state index in [1.807, 2.05) is 5.38 Å². The van der Waals surface area contributed by atoms with Crippen LogP contribution in [-0.4, -0.2) is 29.3 Å². The van der Waals surface area contributed by atoms with Crippen molar-refractivity contribution in [2.24, 2.45) is 0 Å². The highest BCUT2D eigenvalue weighted by Crippen LogP contribution is 2.32. The van der Waals surface area contributed by atoms with Crippen molar-refractivity contribution in [3.63, 3.8) is 0 Å². The number of methoxy groups -OCH3 is 2. The van der Waals surface area contributed by atoms with E-state index in [4.69, 9.17) is 9.47 Å². The zero-order chi connectivity index (χ0) is 14.1. The molecule has 0 fully saturated rings. The van der Waals surface area contributed by atoms with E-state index >= 15 is 0 Å². The third kappa shape index (κ3) is 2.14. The maximum Gasteiger partial charge on any atom is 0.273 e. The van der Waals surface area contributed by atoms with Crippen molar-refractivity contribution in [2.45, 2.75) is 0 Å². The number of benzene rings is 1. The molecule has 0 amide bonds. The van der Waals surface area contributed by atoms with Crippen LogP contribution in [-0.2, 0) is 0 Å². The Morgan fingerprint density at radius 1 is 1.05 bits per heavy atom. The summed E-state index contributed by atoms with van der Waals surface area (Å²) in [6.07, 6.45) is 0. The third-order valence-corrected chi connectivity index (χ3v) is 3.72. The summed E-state index contributed by atoms with van der Waals surface area (Å²) < 4.78 is 10.2. The number of hydrogen-bond acceptors (Lipinski definition) is 6. The minimum atomic E-state index is 0.166. The molecule has 2 heterocycles. The average molecular weight is 288 g/mol. The Morgan fingerprint density at radius 2 is 1.90 bits per heavy atom. The number of aromatic nitrogens is 2. The molecule has 0 saturated carbocycles. The fourth-order valence-electron chi connectivity index (χ4n) is 1.92. The second kappa shape index (κ2) is 4.97. The smallest absolute Gasteiger partial charge is 0.273 e. The maximum absolute atomic E-state index is 10.1. The van der Waals surface area contributed by atoms with Gasteiger partial charge in [-0.3, -0.25) is 0 Å². The Kier molecular flexibility index (Phi) is 3.15. The van der Waals surface area contributed by atoms with E-state index in [1.54, 1.807) is 38.5 Å². The molecule has 1 N–H and O–H groups in total. The number of fused-ring (bicyclic) bond motifs is 1. The number of pyridine rings is 1. The second-order valence-electron chi connectivity index (χ2n) is 4.11. The van der Waals surface area contributed by atoms with Gasteiger partial charge in [-0.2, -0.15) is 0 Å². The van der Waals surface area contributed by atoms with Crippen molar-refractivity contribution in [2.75, 3.05) is 14.2 Å². The molecule has 20 heavy (non-hydrogen) atoms. The van der Waals surface area contributed by atoms with Gasteiger partial charge >= 0.3 is 0 Å². The summed E-state index contributed by atoms with van der Waals surface area (Å²) in [5.41, 5.74) is 1.93. The lowest BCUT2D eigenvalue weighted by atomic mass is 10.1. The van der Waals surface area contributed by atoms with Gasteiger partial charge in [-0.1, -0.05) is 11.3 Å². The van der Waals surface area contributed by atoms with Gasteiger partial charge in [-0.25, -0.2) is 9.97 Å². The molecule has 5 nitrogen and oxygen atoms in total. The summed E-state index contributed by atoms with van der Waals surface area (Å²) in [6, 6.07) is 6.95. The number of ether oxygens (including phenoxy) is 2. The summed E-state index contributed by atoms with van der Waals surface area (Å²) in [5, 5.41) is 13.2. The first-order valence-electron chi connectivity index (χ1n) is 5.89. The fourth-order valence-corrected chi connectivity index (χ4v) is 2.55. The van der Waals surface area contributed by atoms with Gasteiger partial charge in [0.25, 0.3) is 5.19 Å². The predicted molar refractivity (Wildman–Crippen MR) is 77.6 cm³/mol. The highest BCUT2D eigenvalue weighted by molar-refractivity contribution is 7.11. The van der Waals surface area contributed by atoms with E-state index in [1.165, 1.54) is 11.3 Å². The summed E-state index contributed by atoms with van der Waals surface area (Å²) in [4.78, 5) is 8.79. The molecule has 0 saturated heterocycles. The Balaban J connectivity index is 2.16. The van der Waals surface area contributed by atoms with Crippen molar-refractivity contribution < 1.29 is 14.6 Å². The van der Waals surface area contributed by atoms with Gasteiger partial charge in [0, 0.05) is 22.9 Å². The maximum atomic E-state index is 10.1. The van der Waals surface area contributed by atoms with Crippen LogP contribution >= 0.6 is 11.3 Å². The molecule has 0 atom stereocenters. The number of aromatic hydroxyl groups is 1. The number of rotatable bonds is 3. The molecular weight excluding hydrogens is 276 g/mol. The van der Waals surface area contributed by atoms with Gasteiger partial charge in [0.2, 0.25) is 0 Å². The lowest BCUT2D eigenvalue weighted by Gasteiger charge is -2.05. The van der Waals surface area contributed by atoms with Crippen LogP contribution < -0.4 is 9.47 Å². The van der Waals surface area contributed by atoms with Crippen molar-refractivity contribution in [3.8, 4) is 28.1 Å². The van der Waals surface area contributed by atoms with Crippen LogP contribution in [0.5, 0.6) is 16.7 Å². The van der Waals surface area contributed by atoms with Crippen LogP contribution in [0, 0.1) is 0 Å². The number of nitrogens with zero attached hydrogens (tertiary/aromatic N) is 2. The zero-order valence-corrected chi connectivity index (χ0v) is 11.8. The molecule has 3 rings (SSSR count). The van der Waals surface area contributed by atoms with Crippen molar-refractivity contribution >= 4 is 22.2 Å². The number of hydrogen-bond donors (Lipinski definition) is 1. The molecule has 0 aliphatic carbocycles. The van der Waals surface area contributed by atoms with E-state index in [-0.39, 0.29) is 5.75 Å². The van der Waals surface area contributed by atoms with Crippen LogP contribution in [0.3, 0.4) is 0 Å². The van der Waals surface area contributed by atoms with Crippen LogP contribution in [0.25, 0.3) is 22.3 Å². The highest BCUT2D eigenvalue weighted by atomic mass is 32.1. The molecule has 0 spiro atoms. The van der Waals surface area contributed by atoms with E-state index in [9.17, 15) is 5.11 Å². The lowest BCUT2D eigenvalue weighted by molar-refractivity contribution is 0.412. The van der Waals surface area contributed by atoms with Crippen LogP contribution in [0.2, 0.25) is 0 Å². The third-order valence-electron chi connectivity index (χ3n) is 2.92. The second-order valence-corrected chi connectivity index (χ2v) is 4.93. The Hall–Kier alpha value is -2.34. The summed E-state index contributed by atoms with van der Waals surface area (Å²) in [6.45, 7) is 0. The van der Waals surface area contributed by atoms with E-state index < -0.39 is 0 Å². The molecule has 6 heteroatoms. The molecule has 102 valence electrons. The van der Waals surface area contributed by atoms with Crippen molar-refractivity contribution in [1.29, 1.82) is 0 Å². The largest absolute Gasteiger partial charge is 0.507 e. The van der Waals surface area contributed by atoms with Gasteiger partial charge in [-0.05, 0) is 12.1 Å². The van der Waals surface area contributed by atoms with Gasteiger partial charge in [0.05, 0.1) is 25.4 Å². The minimum absolute atomic E-state index is 0.166. The predicted octanol–water partition coefficient (Wildman–Crippen LogP) is 3.08. The monoisotopic (exact) mass is 288 g/mol. The molecule has 0 aliphatic heterocycles. The fraction of sp³-hybridized carbons (Fsp3) is 0.143. The average Bonchev–Trinajstić information content (AvgIpc) is 2.95. The quantitative estimate of drug-likeness (QED) is 0.802. The topological polar surface area (TPSA) is 64.5 Å². The summed E-state index contributed by atoms with van der Waals surface area (Å²) >= 11 is 1.38. The van der Waals surface area contributed by atoms with E-state index in [0.29, 0.717) is 33.2 Å². The van der Waals surface area contributed by atoms with Gasteiger partial charge in [0.15, 0.2) is 0 Å². The Labute approximate surface area is 119 Å². The van der Waals surface area contributed by atoms with E-state index in [0.717, 1.165) is 0 Å². The van der Waals surface area contributed by atoms with Crippen molar-refractivity contribution in [1.82, 2.24) is 9.97 Å². The van der Waals surface area contributed by atoms with Crippen LogP contribution in [0.4, 0.5) is 0 Å². The SMILES string of the molecule is COc1ccc2c(O)cc(-c3csc(OC)n3)nc2c1.